The standard InChI is InChI=1S/F3OP.Sn/c1-5(2,3)4;. The molecule has 0 atom stereocenters. The molecule has 0 aromatic rings. The second kappa shape index (κ2) is 2.91. The van der Waals surface area contributed by atoms with Gasteiger partial charge in [-0.1, -0.05) is 0 Å². The van der Waals surface area contributed by atoms with E-state index in [1.165, 1.54) is 0 Å². The van der Waals surface area contributed by atoms with Gasteiger partial charge in [-0.15, -0.1) is 12.6 Å². The molecule has 0 bridgehead atoms. The fraction of sp³-hybridized carbons (Fsp3) is 0. The van der Waals surface area contributed by atoms with Crippen molar-refractivity contribution >= 4 is 32.0 Å². The van der Waals surface area contributed by atoms with Gasteiger partial charge >= 0.3 is 8.07 Å². The van der Waals surface area contributed by atoms with Crippen LogP contribution < -0.4 is 0 Å². The van der Waals surface area contributed by atoms with E-state index in [9.17, 15) is 12.6 Å². The van der Waals surface area contributed by atoms with Crippen LogP contribution in [0, 0.1) is 0 Å². The number of hydrogen-bond acceptors (Lipinski definition) is 1. The third-order valence-electron chi connectivity index (χ3n) is 0. The molecule has 0 aromatic carbocycles. The Hall–Kier alpha value is 0.819. The van der Waals surface area contributed by atoms with Gasteiger partial charge in [0.2, 0.25) is 0 Å². The normalized spacial score (nSPS) is 9.83. The summed E-state index contributed by atoms with van der Waals surface area (Å²) < 4.78 is 37.9. The summed E-state index contributed by atoms with van der Waals surface area (Å²) in [6.45, 7) is 0. The fourth-order valence-electron chi connectivity index (χ4n) is 0. The molecule has 0 aliphatic heterocycles. The molecule has 0 aromatic heterocycles. The summed E-state index contributed by atoms with van der Waals surface area (Å²) in [6.07, 6.45) is 0. The largest absolute Gasteiger partial charge is 0.591 e. The Morgan fingerprint density at radius 3 is 1.17 bits per heavy atom. The van der Waals surface area contributed by atoms with E-state index in [1.54, 1.807) is 0 Å². The van der Waals surface area contributed by atoms with Gasteiger partial charge < -0.3 is 0 Å². The first-order valence-electron chi connectivity index (χ1n) is 0.690. The molecule has 1 nitrogen and oxygen atoms in total. The Labute approximate surface area is 49.6 Å². The molecule has 36 valence electrons. The van der Waals surface area contributed by atoms with Crippen LogP contribution in [-0.4, -0.2) is 23.9 Å². The first-order chi connectivity index (χ1) is 2.00. The van der Waals surface area contributed by atoms with Crippen LogP contribution in [0.2, 0.25) is 0 Å². The summed E-state index contributed by atoms with van der Waals surface area (Å²) in [5, 5.41) is 0. The van der Waals surface area contributed by atoms with Crippen LogP contribution in [-0.2, 0) is 4.57 Å². The molecular formula is F3OPSn. The van der Waals surface area contributed by atoms with Crippen molar-refractivity contribution < 1.29 is 17.2 Å². The zero-order chi connectivity index (χ0) is 4.50. The van der Waals surface area contributed by atoms with Gasteiger partial charge in [-0.2, -0.15) is 0 Å². The monoisotopic (exact) mass is 224 g/mol. The summed E-state index contributed by atoms with van der Waals surface area (Å²) in [7, 11) is -6.14. The van der Waals surface area contributed by atoms with Crippen LogP contribution in [0.15, 0.2) is 0 Å². The first kappa shape index (κ1) is 9.94. The van der Waals surface area contributed by atoms with E-state index in [-0.39, 0.29) is 23.9 Å². The zero-order valence-corrected chi connectivity index (χ0v) is 6.24. The van der Waals surface area contributed by atoms with Gasteiger partial charge in [-0.25, -0.2) is 4.57 Å². The molecule has 0 fully saturated rings. The zero-order valence-electron chi connectivity index (χ0n) is 2.49. The predicted molar refractivity (Wildman–Crippen MR) is 16.7 cm³/mol. The molecule has 0 amide bonds. The molecule has 0 N–H and O–H groups in total. The maximum absolute atomic E-state index is 9.91. The molecule has 0 saturated carbocycles. The van der Waals surface area contributed by atoms with Gasteiger partial charge in [-0.3, -0.25) is 0 Å². The maximum atomic E-state index is 9.91. The van der Waals surface area contributed by atoms with E-state index >= 15 is 0 Å². The second-order valence-corrected chi connectivity index (χ2v) is 1.20. The van der Waals surface area contributed by atoms with Crippen molar-refractivity contribution in [3.05, 3.63) is 0 Å². The fourth-order valence-corrected chi connectivity index (χ4v) is 0. The van der Waals surface area contributed by atoms with Crippen molar-refractivity contribution in [2.75, 3.05) is 0 Å². The molecule has 0 rings (SSSR count). The van der Waals surface area contributed by atoms with Crippen LogP contribution in [0.4, 0.5) is 12.6 Å². The van der Waals surface area contributed by atoms with Crippen molar-refractivity contribution in [1.82, 2.24) is 0 Å². The quantitative estimate of drug-likeness (QED) is 0.450. The average molecular weight is 223 g/mol. The molecule has 6 heteroatoms. The van der Waals surface area contributed by atoms with Gasteiger partial charge in [-0.05, 0) is 0 Å². The minimum atomic E-state index is -6.14. The Morgan fingerprint density at radius 1 is 1.17 bits per heavy atom. The van der Waals surface area contributed by atoms with E-state index in [2.05, 4.69) is 0 Å². The van der Waals surface area contributed by atoms with Crippen molar-refractivity contribution in [1.29, 1.82) is 0 Å². The third kappa shape index (κ3) is 105. The van der Waals surface area contributed by atoms with Crippen molar-refractivity contribution in [3.63, 3.8) is 0 Å². The third-order valence-corrected chi connectivity index (χ3v) is 0. The Morgan fingerprint density at radius 2 is 1.17 bits per heavy atom. The van der Waals surface area contributed by atoms with E-state index in [0.29, 0.717) is 0 Å². The van der Waals surface area contributed by atoms with E-state index in [1.807, 2.05) is 0 Å². The summed E-state index contributed by atoms with van der Waals surface area (Å²) in [5.74, 6) is 0. The van der Waals surface area contributed by atoms with Gasteiger partial charge in [0.05, 0.1) is 0 Å². The van der Waals surface area contributed by atoms with Crippen LogP contribution in [0.1, 0.15) is 0 Å². The summed E-state index contributed by atoms with van der Waals surface area (Å²) in [5.41, 5.74) is 0. The Bertz CT molecular complexity index is 56.9. The summed E-state index contributed by atoms with van der Waals surface area (Å²) in [4.78, 5) is 0. The van der Waals surface area contributed by atoms with Gasteiger partial charge in [0.1, 0.15) is 0 Å². The average Bonchev–Trinajstić information content (AvgIpc) is 0.722. The molecule has 0 heterocycles. The topological polar surface area (TPSA) is 17.1 Å². The van der Waals surface area contributed by atoms with Crippen molar-refractivity contribution in [2.45, 2.75) is 0 Å². The molecule has 6 heavy (non-hydrogen) atoms. The van der Waals surface area contributed by atoms with Crippen LogP contribution >= 0.6 is 8.07 Å². The molecule has 0 aliphatic rings. The Balaban J connectivity index is 0. The summed E-state index contributed by atoms with van der Waals surface area (Å²) >= 11 is 0. The number of hydrogen-bond donors (Lipinski definition) is 0. The summed E-state index contributed by atoms with van der Waals surface area (Å²) in [6, 6.07) is 0. The van der Waals surface area contributed by atoms with Crippen molar-refractivity contribution in [3.8, 4) is 0 Å². The van der Waals surface area contributed by atoms with E-state index in [0.717, 1.165) is 0 Å². The molecule has 0 aliphatic carbocycles. The van der Waals surface area contributed by atoms with Crippen molar-refractivity contribution in [2.24, 2.45) is 0 Å². The smallest absolute Gasteiger partial charge is 0.215 e. The SMILES string of the molecule is O=P(F)(F)F.[Sn]. The van der Waals surface area contributed by atoms with Gasteiger partial charge in [0.25, 0.3) is 0 Å². The number of rotatable bonds is 0. The van der Waals surface area contributed by atoms with Crippen LogP contribution in [0.5, 0.6) is 0 Å². The first-order valence-corrected chi connectivity index (χ1v) is 2.07. The Kier molecular flexibility index (Phi) is 4.82. The minimum Gasteiger partial charge on any atom is -0.215 e. The molecule has 4 radical (unpaired) electrons. The molecule has 0 saturated heterocycles. The van der Waals surface area contributed by atoms with E-state index in [4.69, 9.17) is 4.57 Å². The van der Waals surface area contributed by atoms with Crippen LogP contribution in [0.3, 0.4) is 0 Å². The molecule has 0 unspecified atom stereocenters. The molecular weight excluding hydrogens is 223 g/mol. The second-order valence-electron chi connectivity index (χ2n) is 0.399. The van der Waals surface area contributed by atoms with Crippen LogP contribution in [0.25, 0.3) is 0 Å². The predicted octanol–water partition coefficient (Wildman–Crippen LogP) is 1.62. The number of halogens is 3. The van der Waals surface area contributed by atoms with Gasteiger partial charge in [0, 0.05) is 23.9 Å². The van der Waals surface area contributed by atoms with E-state index < -0.39 is 8.07 Å². The molecule has 0 spiro atoms. The van der Waals surface area contributed by atoms with Gasteiger partial charge in [0.15, 0.2) is 0 Å². The minimum absolute atomic E-state index is 0. The maximum Gasteiger partial charge on any atom is 0.591 e.